The molecule has 0 amide bonds. The van der Waals surface area contributed by atoms with Gasteiger partial charge in [-0.15, -0.1) is 0 Å². The first kappa shape index (κ1) is 30.6. The van der Waals surface area contributed by atoms with Crippen LogP contribution in [-0.2, 0) is 19.6 Å². The average Bonchev–Trinajstić information content (AvgIpc) is 3.91. The SMILES string of the molecule is O=Cc1ccc(CN2C=CN(c3cc(N4C=CN(Cc5ccc(C=O)cc5)C4)cc(N4C=CN(Cc5ccc(C=O)cc5)C4)c3)C2)cc1. The second-order valence-corrected chi connectivity index (χ2v) is 12.3. The largest absolute Gasteiger partial charge is 0.354 e. The number of hydrogen-bond donors (Lipinski definition) is 0. The molecule has 0 fully saturated rings. The third kappa shape index (κ3) is 7.00. The molecule has 0 saturated carbocycles. The summed E-state index contributed by atoms with van der Waals surface area (Å²) in [6.07, 6.45) is 15.3. The van der Waals surface area contributed by atoms with Crippen molar-refractivity contribution in [1.82, 2.24) is 14.7 Å². The summed E-state index contributed by atoms with van der Waals surface area (Å²) in [6.45, 7) is 4.34. The molecule has 0 aromatic heterocycles. The van der Waals surface area contributed by atoms with Crippen LogP contribution in [-0.4, -0.2) is 53.6 Å². The second-order valence-electron chi connectivity index (χ2n) is 12.3. The van der Waals surface area contributed by atoms with E-state index in [2.05, 4.69) is 84.8 Å². The molecule has 4 aromatic rings. The summed E-state index contributed by atoms with van der Waals surface area (Å²) in [5.41, 5.74) is 8.74. The van der Waals surface area contributed by atoms with Crippen LogP contribution in [0.3, 0.4) is 0 Å². The van der Waals surface area contributed by atoms with Gasteiger partial charge in [0.2, 0.25) is 0 Å². The molecule has 0 N–H and O–H groups in total. The Morgan fingerprint density at radius 1 is 0.396 bits per heavy atom. The highest BCUT2D eigenvalue weighted by Crippen LogP contribution is 2.35. The molecule has 3 aliphatic rings. The Hall–Kier alpha value is -6.09. The molecule has 240 valence electrons. The van der Waals surface area contributed by atoms with E-state index in [1.807, 2.05) is 72.8 Å². The first-order valence-electron chi connectivity index (χ1n) is 15.9. The maximum atomic E-state index is 11.1. The summed E-state index contributed by atoms with van der Waals surface area (Å²) >= 11 is 0. The highest BCUT2D eigenvalue weighted by atomic mass is 16.1. The summed E-state index contributed by atoms with van der Waals surface area (Å²) in [5.74, 6) is 0. The van der Waals surface area contributed by atoms with E-state index in [4.69, 9.17) is 0 Å². The van der Waals surface area contributed by atoms with E-state index >= 15 is 0 Å². The lowest BCUT2D eigenvalue weighted by Gasteiger charge is -2.28. The Morgan fingerprint density at radius 2 is 0.667 bits per heavy atom. The Morgan fingerprint density at radius 3 is 0.917 bits per heavy atom. The minimum Gasteiger partial charge on any atom is -0.354 e. The summed E-state index contributed by atoms with van der Waals surface area (Å²) in [7, 11) is 0. The lowest BCUT2D eigenvalue weighted by molar-refractivity contribution is 0.111. The van der Waals surface area contributed by atoms with Gasteiger partial charge in [0, 0.05) is 90.6 Å². The molecule has 0 atom stereocenters. The smallest absolute Gasteiger partial charge is 0.150 e. The number of hydrogen-bond acceptors (Lipinski definition) is 9. The standard InChI is InChI=1S/C39H36N6O3/c46-25-34-7-1-31(2-8-34)22-40-13-16-43(28-40)37-19-38(44-17-14-41(29-44)23-32-3-9-35(26-47)10-4-32)21-39(20-37)45-18-15-42(30-45)24-33-5-11-36(27-48)12-6-33/h1-21,25-27H,22-24,28-30H2. The predicted molar refractivity (Wildman–Crippen MR) is 188 cm³/mol. The number of aldehydes is 3. The van der Waals surface area contributed by atoms with Crippen LogP contribution in [0, 0.1) is 0 Å². The lowest BCUT2D eigenvalue weighted by Crippen LogP contribution is -2.28. The number of carbonyl (C=O) groups is 3. The molecule has 0 spiro atoms. The Balaban J connectivity index is 1.08. The number of benzene rings is 4. The molecule has 0 aliphatic carbocycles. The minimum absolute atomic E-state index is 0.678. The van der Waals surface area contributed by atoms with E-state index in [1.165, 1.54) is 0 Å². The van der Waals surface area contributed by atoms with Gasteiger partial charge >= 0.3 is 0 Å². The van der Waals surface area contributed by atoms with Crippen LogP contribution < -0.4 is 14.7 Å². The monoisotopic (exact) mass is 636 g/mol. The van der Waals surface area contributed by atoms with Gasteiger partial charge in [0.05, 0.1) is 20.0 Å². The van der Waals surface area contributed by atoms with E-state index in [0.717, 1.165) is 72.2 Å². The fourth-order valence-electron chi connectivity index (χ4n) is 6.09. The van der Waals surface area contributed by atoms with Gasteiger partial charge in [-0.1, -0.05) is 72.8 Å². The van der Waals surface area contributed by atoms with Gasteiger partial charge in [0.15, 0.2) is 0 Å². The minimum atomic E-state index is 0.678. The van der Waals surface area contributed by atoms with Crippen LogP contribution in [0.25, 0.3) is 0 Å². The molecule has 7 rings (SSSR count). The topological polar surface area (TPSA) is 70.7 Å². The molecule has 0 radical (unpaired) electrons. The molecule has 3 aliphatic heterocycles. The van der Waals surface area contributed by atoms with Crippen molar-refractivity contribution in [1.29, 1.82) is 0 Å². The van der Waals surface area contributed by atoms with E-state index in [9.17, 15) is 14.4 Å². The van der Waals surface area contributed by atoms with Crippen molar-refractivity contribution >= 4 is 35.9 Å². The Labute approximate surface area is 280 Å². The van der Waals surface area contributed by atoms with Crippen LogP contribution >= 0.6 is 0 Å². The van der Waals surface area contributed by atoms with Crippen LogP contribution in [0.5, 0.6) is 0 Å². The third-order valence-electron chi connectivity index (χ3n) is 8.76. The van der Waals surface area contributed by atoms with Gasteiger partial charge < -0.3 is 29.4 Å². The molecule has 0 saturated heterocycles. The van der Waals surface area contributed by atoms with Gasteiger partial charge in [-0.25, -0.2) is 0 Å². The zero-order valence-corrected chi connectivity index (χ0v) is 26.5. The van der Waals surface area contributed by atoms with Gasteiger partial charge in [0.1, 0.15) is 18.9 Å². The zero-order chi connectivity index (χ0) is 32.9. The number of anilines is 3. The molecule has 9 heteroatoms. The van der Waals surface area contributed by atoms with Crippen molar-refractivity contribution in [2.24, 2.45) is 0 Å². The average molecular weight is 637 g/mol. The first-order valence-corrected chi connectivity index (χ1v) is 15.9. The number of nitrogens with zero attached hydrogens (tertiary/aromatic N) is 6. The molecular weight excluding hydrogens is 600 g/mol. The number of carbonyl (C=O) groups excluding carboxylic acids is 3. The molecule has 0 unspecified atom stereocenters. The van der Waals surface area contributed by atoms with Crippen molar-refractivity contribution in [2.75, 3.05) is 34.7 Å². The highest BCUT2D eigenvalue weighted by molar-refractivity contribution is 5.76. The molecule has 3 heterocycles. The number of rotatable bonds is 12. The van der Waals surface area contributed by atoms with Gasteiger partial charge in [-0.3, -0.25) is 14.4 Å². The predicted octanol–water partition coefficient (Wildman–Crippen LogP) is 6.38. The second kappa shape index (κ2) is 13.7. The fourth-order valence-corrected chi connectivity index (χ4v) is 6.09. The van der Waals surface area contributed by atoms with E-state index in [-0.39, 0.29) is 0 Å². The third-order valence-corrected chi connectivity index (χ3v) is 8.76. The molecular formula is C39H36N6O3. The van der Waals surface area contributed by atoms with Gasteiger partial charge in [-0.05, 0) is 34.9 Å². The maximum absolute atomic E-state index is 11.1. The molecule has 0 bridgehead atoms. The van der Waals surface area contributed by atoms with Gasteiger partial charge in [0.25, 0.3) is 0 Å². The summed E-state index contributed by atoms with van der Waals surface area (Å²) in [5, 5.41) is 0. The van der Waals surface area contributed by atoms with Crippen LogP contribution in [0.15, 0.2) is 128 Å². The van der Waals surface area contributed by atoms with Crippen molar-refractivity contribution in [3.63, 3.8) is 0 Å². The highest BCUT2D eigenvalue weighted by Gasteiger charge is 2.22. The fraction of sp³-hybridized carbons (Fsp3) is 0.154. The van der Waals surface area contributed by atoms with Crippen LogP contribution in [0.1, 0.15) is 47.8 Å². The molecule has 9 nitrogen and oxygen atoms in total. The summed E-state index contributed by atoms with van der Waals surface area (Å²) in [4.78, 5) is 46.8. The normalized spacial score (nSPS) is 15.2. The zero-order valence-electron chi connectivity index (χ0n) is 26.5. The maximum Gasteiger partial charge on any atom is 0.150 e. The summed E-state index contributed by atoms with van der Waals surface area (Å²) < 4.78 is 0. The van der Waals surface area contributed by atoms with Gasteiger partial charge in [-0.2, -0.15) is 0 Å². The first-order chi connectivity index (χ1) is 23.5. The van der Waals surface area contributed by atoms with Crippen molar-refractivity contribution in [3.05, 3.63) is 162 Å². The van der Waals surface area contributed by atoms with Crippen LogP contribution in [0.4, 0.5) is 17.1 Å². The van der Waals surface area contributed by atoms with E-state index in [0.29, 0.717) is 36.7 Å². The Kier molecular flexibility index (Phi) is 8.74. The summed E-state index contributed by atoms with van der Waals surface area (Å²) in [6, 6.07) is 29.9. The van der Waals surface area contributed by atoms with Crippen molar-refractivity contribution in [2.45, 2.75) is 19.6 Å². The van der Waals surface area contributed by atoms with E-state index in [1.54, 1.807) is 0 Å². The molecule has 48 heavy (non-hydrogen) atoms. The Bertz CT molecular complexity index is 1640. The molecule has 4 aromatic carbocycles. The van der Waals surface area contributed by atoms with Crippen molar-refractivity contribution in [3.8, 4) is 0 Å². The quantitative estimate of drug-likeness (QED) is 0.165. The van der Waals surface area contributed by atoms with Crippen molar-refractivity contribution < 1.29 is 14.4 Å². The van der Waals surface area contributed by atoms with Crippen LogP contribution in [0.2, 0.25) is 0 Å². The lowest BCUT2D eigenvalue weighted by atomic mass is 10.1. The van der Waals surface area contributed by atoms with E-state index < -0.39 is 0 Å².